The van der Waals surface area contributed by atoms with Crippen LogP contribution in [0.25, 0.3) is 0 Å². The Hall–Kier alpha value is -0.310. The lowest BCUT2D eigenvalue weighted by molar-refractivity contribution is 0.160. The first kappa shape index (κ1) is 12.2. The third-order valence-electron chi connectivity index (χ3n) is 3.08. The highest BCUT2D eigenvalue weighted by Gasteiger charge is 2.35. The second-order valence-corrected chi connectivity index (χ2v) is 4.99. The average molecular weight is 263 g/mol. The number of hydrogen-bond acceptors (Lipinski definition) is 1. The van der Waals surface area contributed by atoms with Crippen LogP contribution in [0, 0.1) is 11.2 Å². The molecule has 88 valence electrons. The first-order valence-electron chi connectivity index (χ1n) is 5.23. The molecule has 1 aliphatic rings. The molecule has 1 aromatic carbocycles. The molecule has 0 spiro atoms. The molecular weight excluding hydrogens is 250 g/mol. The van der Waals surface area contributed by atoms with Gasteiger partial charge in [-0.15, -0.1) is 11.6 Å². The number of rotatable bonds is 3. The van der Waals surface area contributed by atoms with Gasteiger partial charge in [-0.1, -0.05) is 17.7 Å². The van der Waals surface area contributed by atoms with Gasteiger partial charge in [0.25, 0.3) is 0 Å². The van der Waals surface area contributed by atoms with Crippen LogP contribution in [0.5, 0.6) is 0 Å². The third-order valence-corrected chi connectivity index (χ3v) is 4.00. The van der Waals surface area contributed by atoms with Gasteiger partial charge in [0.2, 0.25) is 0 Å². The quantitative estimate of drug-likeness (QED) is 0.756. The standard InChI is InChI=1S/C12H13Cl2FO/c13-7-12(4-5-16-8-12)6-9-10(14)2-1-3-11(9)15/h1-3H,4-8H2. The maximum Gasteiger partial charge on any atom is 0.127 e. The second-order valence-electron chi connectivity index (χ2n) is 4.31. The molecule has 0 amide bonds. The molecular formula is C12H13Cl2FO. The van der Waals surface area contributed by atoms with Crippen LogP contribution in [-0.2, 0) is 11.2 Å². The molecule has 0 aromatic heterocycles. The lowest BCUT2D eigenvalue weighted by Crippen LogP contribution is -2.26. The molecule has 1 aromatic rings. The van der Waals surface area contributed by atoms with Crippen LogP contribution < -0.4 is 0 Å². The summed E-state index contributed by atoms with van der Waals surface area (Å²) in [4.78, 5) is 0. The van der Waals surface area contributed by atoms with Gasteiger partial charge in [0.15, 0.2) is 0 Å². The number of hydrogen-bond donors (Lipinski definition) is 0. The van der Waals surface area contributed by atoms with Crippen molar-refractivity contribution < 1.29 is 9.13 Å². The minimum Gasteiger partial charge on any atom is -0.381 e. The van der Waals surface area contributed by atoms with E-state index in [4.69, 9.17) is 27.9 Å². The van der Waals surface area contributed by atoms with Crippen LogP contribution in [0.15, 0.2) is 18.2 Å². The molecule has 0 aliphatic carbocycles. The van der Waals surface area contributed by atoms with Crippen molar-refractivity contribution in [3.05, 3.63) is 34.6 Å². The van der Waals surface area contributed by atoms with Crippen molar-refractivity contribution in [2.75, 3.05) is 19.1 Å². The van der Waals surface area contributed by atoms with E-state index < -0.39 is 0 Å². The molecule has 1 fully saturated rings. The fourth-order valence-corrected chi connectivity index (χ4v) is 2.55. The minimum atomic E-state index is -0.260. The van der Waals surface area contributed by atoms with Gasteiger partial charge in [-0.05, 0) is 25.0 Å². The first-order valence-corrected chi connectivity index (χ1v) is 6.15. The van der Waals surface area contributed by atoms with Crippen LogP contribution in [0.4, 0.5) is 4.39 Å². The number of alkyl halides is 1. The number of halogens is 3. The molecule has 1 aliphatic heterocycles. The van der Waals surface area contributed by atoms with E-state index in [1.54, 1.807) is 12.1 Å². The van der Waals surface area contributed by atoms with Crippen molar-refractivity contribution in [1.82, 2.24) is 0 Å². The summed E-state index contributed by atoms with van der Waals surface area (Å²) in [5.41, 5.74) is 0.392. The monoisotopic (exact) mass is 262 g/mol. The molecule has 0 N–H and O–H groups in total. The zero-order valence-electron chi connectivity index (χ0n) is 8.81. The summed E-state index contributed by atoms with van der Waals surface area (Å²) in [6.07, 6.45) is 1.41. The van der Waals surface area contributed by atoms with E-state index in [9.17, 15) is 4.39 Å². The molecule has 16 heavy (non-hydrogen) atoms. The largest absolute Gasteiger partial charge is 0.381 e. The summed E-state index contributed by atoms with van der Waals surface area (Å²) in [6, 6.07) is 4.75. The molecule has 0 radical (unpaired) electrons. The molecule has 1 saturated heterocycles. The highest BCUT2D eigenvalue weighted by molar-refractivity contribution is 6.31. The minimum absolute atomic E-state index is 0.159. The SMILES string of the molecule is Fc1cccc(Cl)c1CC1(CCl)CCOC1. The van der Waals surface area contributed by atoms with Crippen molar-refractivity contribution in [3.63, 3.8) is 0 Å². The Morgan fingerprint density at radius 1 is 1.44 bits per heavy atom. The Labute approximate surface area is 105 Å². The van der Waals surface area contributed by atoms with Crippen molar-refractivity contribution in [1.29, 1.82) is 0 Å². The summed E-state index contributed by atoms with van der Waals surface area (Å²) in [6.45, 7) is 1.28. The van der Waals surface area contributed by atoms with Crippen LogP contribution in [0.1, 0.15) is 12.0 Å². The normalized spacial score (nSPS) is 24.9. The van der Waals surface area contributed by atoms with Crippen molar-refractivity contribution in [2.45, 2.75) is 12.8 Å². The molecule has 1 heterocycles. The number of benzene rings is 1. The van der Waals surface area contributed by atoms with Gasteiger partial charge in [0.05, 0.1) is 6.61 Å². The molecule has 0 saturated carbocycles. The lowest BCUT2D eigenvalue weighted by Gasteiger charge is -2.25. The van der Waals surface area contributed by atoms with E-state index in [1.165, 1.54) is 6.07 Å². The predicted octanol–water partition coefficient (Wildman–Crippen LogP) is 3.67. The summed E-state index contributed by atoms with van der Waals surface area (Å²) in [5, 5.41) is 0.469. The Morgan fingerprint density at radius 2 is 2.25 bits per heavy atom. The average Bonchev–Trinajstić information content (AvgIpc) is 2.73. The summed E-state index contributed by atoms with van der Waals surface area (Å²) < 4.78 is 19.0. The molecule has 1 nitrogen and oxygen atoms in total. The summed E-state index contributed by atoms with van der Waals surface area (Å²) >= 11 is 12.0. The van der Waals surface area contributed by atoms with E-state index >= 15 is 0 Å². The van der Waals surface area contributed by atoms with E-state index in [0.29, 0.717) is 36.1 Å². The Kier molecular flexibility index (Phi) is 3.73. The Morgan fingerprint density at radius 3 is 2.81 bits per heavy atom. The predicted molar refractivity (Wildman–Crippen MR) is 63.7 cm³/mol. The molecule has 1 unspecified atom stereocenters. The van der Waals surface area contributed by atoms with Gasteiger partial charge in [-0.3, -0.25) is 0 Å². The molecule has 1 atom stereocenters. The van der Waals surface area contributed by atoms with E-state index in [0.717, 1.165) is 6.42 Å². The fourth-order valence-electron chi connectivity index (χ4n) is 2.02. The zero-order valence-corrected chi connectivity index (χ0v) is 10.3. The van der Waals surface area contributed by atoms with Crippen molar-refractivity contribution in [3.8, 4) is 0 Å². The first-order chi connectivity index (χ1) is 7.67. The Bertz CT molecular complexity index is 355. The van der Waals surface area contributed by atoms with Crippen molar-refractivity contribution >= 4 is 23.2 Å². The molecule has 4 heteroatoms. The van der Waals surface area contributed by atoms with Gasteiger partial charge in [0.1, 0.15) is 5.82 Å². The third kappa shape index (κ3) is 2.34. The highest BCUT2D eigenvalue weighted by Crippen LogP contribution is 2.36. The summed E-state index contributed by atoms with van der Waals surface area (Å²) in [7, 11) is 0. The van der Waals surface area contributed by atoms with Crippen LogP contribution in [0.3, 0.4) is 0 Å². The number of ether oxygens (including phenoxy) is 1. The van der Waals surface area contributed by atoms with Gasteiger partial charge >= 0.3 is 0 Å². The summed E-state index contributed by atoms with van der Waals surface area (Å²) in [5.74, 6) is 0.210. The maximum atomic E-state index is 13.6. The zero-order chi connectivity index (χ0) is 11.6. The Balaban J connectivity index is 2.25. The lowest BCUT2D eigenvalue weighted by atomic mass is 9.83. The van der Waals surface area contributed by atoms with Crippen LogP contribution in [-0.4, -0.2) is 19.1 Å². The van der Waals surface area contributed by atoms with Crippen LogP contribution in [0.2, 0.25) is 5.02 Å². The van der Waals surface area contributed by atoms with Crippen LogP contribution >= 0.6 is 23.2 Å². The smallest absolute Gasteiger partial charge is 0.127 e. The topological polar surface area (TPSA) is 9.23 Å². The molecule has 2 rings (SSSR count). The van der Waals surface area contributed by atoms with Gasteiger partial charge in [-0.2, -0.15) is 0 Å². The van der Waals surface area contributed by atoms with Gasteiger partial charge in [-0.25, -0.2) is 4.39 Å². The highest BCUT2D eigenvalue weighted by atomic mass is 35.5. The fraction of sp³-hybridized carbons (Fsp3) is 0.500. The maximum absolute atomic E-state index is 13.6. The van der Waals surface area contributed by atoms with Gasteiger partial charge < -0.3 is 4.74 Å². The molecule has 0 bridgehead atoms. The van der Waals surface area contributed by atoms with Gasteiger partial charge in [0, 0.05) is 28.5 Å². The van der Waals surface area contributed by atoms with Crippen molar-refractivity contribution in [2.24, 2.45) is 5.41 Å². The second kappa shape index (κ2) is 4.91. The van der Waals surface area contributed by atoms with E-state index in [1.807, 2.05) is 0 Å². The van der Waals surface area contributed by atoms with E-state index in [-0.39, 0.29) is 11.2 Å². The van der Waals surface area contributed by atoms with E-state index in [2.05, 4.69) is 0 Å².